The van der Waals surface area contributed by atoms with Crippen molar-refractivity contribution in [1.29, 1.82) is 0 Å². The Bertz CT molecular complexity index is 802. The molecule has 0 aromatic heterocycles. The number of para-hydroxylation sites is 1. The van der Waals surface area contributed by atoms with E-state index in [4.69, 9.17) is 15.7 Å². The number of anilines is 1. The van der Waals surface area contributed by atoms with Crippen molar-refractivity contribution in [2.75, 3.05) is 12.3 Å². The average molecular weight is 479 g/mol. The Balaban J connectivity index is 0.000000234. The van der Waals surface area contributed by atoms with Crippen molar-refractivity contribution in [3.8, 4) is 5.75 Å². The first-order chi connectivity index (χ1) is 13.6. The molecule has 29 heavy (non-hydrogen) atoms. The fourth-order valence-electron chi connectivity index (χ4n) is 3.08. The SMILES string of the molecule is CCC1(CCNO)CC(F)c2cccc(Br)c2O1.Nc1ccc(C(F)(F)F)cc1. The fraction of sp³-hybridized carbons (Fsp3) is 0.400. The van der Waals surface area contributed by atoms with E-state index in [0.717, 1.165) is 16.6 Å². The highest BCUT2D eigenvalue weighted by Crippen LogP contribution is 2.47. The van der Waals surface area contributed by atoms with Crippen LogP contribution in [0.1, 0.15) is 43.5 Å². The third kappa shape index (κ3) is 6.07. The molecule has 3 rings (SSSR count). The van der Waals surface area contributed by atoms with Crippen LogP contribution in [-0.2, 0) is 6.18 Å². The third-order valence-corrected chi connectivity index (χ3v) is 5.40. The Morgan fingerprint density at radius 1 is 1.24 bits per heavy atom. The minimum atomic E-state index is -4.27. The zero-order valence-corrected chi connectivity index (χ0v) is 17.4. The van der Waals surface area contributed by atoms with Gasteiger partial charge in [0.05, 0.1) is 10.0 Å². The molecule has 0 amide bonds. The second-order valence-electron chi connectivity index (χ2n) is 6.75. The molecule has 2 atom stereocenters. The highest BCUT2D eigenvalue weighted by atomic mass is 79.9. The molecule has 0 fully saturated rings. The predicted molar refractivity (Wildman–Crippen MR) is 107 cm³/mol. The summed E-state index contributed by atoms with van der Waals surface area (Å²) in [5.41, 5.74) is 7.03. The van der Waals surface area contributed by atoms with Crippen LogP contribution in [0.2, 0.25) is 0 Å². The van der Waals surface area contributed by atoms with Crippen LogP contribution in [0.5, 0.6) is 5.75 Å². The molecule has 0 saturated carbocycles. The molecule has 2 aromatic rings. The molecule has 0 spiro atoms. The summed E-state index contributed by atoms with van der Waals surface area (Å²) in [5, 5.41) is 8.71. The molecule has 0 aliphatic carbocycles. The summed E-state index contributed by atoms with van der Waals surface area (Å²) in [5.74, 6) is 0.594. The van der Waals surface area contributed by atoms with Crippen LogP contribution in [0.3, 0.4) is 0 Å². The second kappa shape index (κ2) is 9.77. The van der Waals surface area contributed by atoms with Crippen LogP contribution in [0.15, 0.2) is 46.9 Å². The molecule has 160 valence electrons. The maximum atomic E-state index is 14.3. The highest BCUT2D eigenvalue weighted by Gasteiger charge is 2.40. The molecule has 4 N–H and O–H groups in total. The first-order valence-corrected chi connectivity index (χ1v) is 9.82. The van der Waals surface area contributed by atoms with Gasteiger partial charge in [0.2, 0.25) is 0 Å². The van der Waals surface area contributed by atoms with Crippen LogP contribution in [0, 0.1) is 0 Å². The third-order valence-electron chi connectivity index (χ3n) is 4.78. The highest BCUT2D eigenvalue weighted by molar-refractivity contribution is 9.10. The lowest BCUT2D eigenvalue weighted by atomic mass is 9.85. The quantitative estimate of drug-likeness (QED) is 0.284. The Morgan fingerprint density at radius 2 is 1.90 bits per heavy atom. The largest absolute Gasteiger partial charge is 0.486 e. The van der Waals surface area contributed by atoms with Gasteiger partial charge in [-0.3, -0.25) is 0 Å². The van der Waals surface area contributed by atoms with E-state index in [9.17, 15) is 17.6 Å². The second-order valence-corrected chi connectivity index (χ2v) is 7.60. The van der Waals surface area contributed by atoms with Crippen molar-refractivity contribution in [3.63, 3.8) is 0 Å². The van der Waals surface area contributed by atoms with Crippen LogP contribution in [0.25, 0.3) is 0 Å². The summed E-state index contributed by atoms with van der Waals surface area (Å²) in [4.78, 5) is 0. The number of halogens is 5. The van der Waals surface area contributed by atoms with Gasteiger partial charge in [-0.1, -0.05) is 19.1 Å². The van der Waals surface area contributed by atoms with Gasteiger partial charge in [-0.25, -0.2) is 9.87 Å². The van der Waals surface area contributed by atoms with E-state index in [0.29, 0.717) is 42.8 Å². The lowest BCUT2D eigenvalue weighted by Crippen LogP contribution is -2.42. The van der Waals surface area contributed by atoms with E-state index in [1.54, 1.807) is 6.07 Å². The van der Waals surface area contributed by atoms with E-state index in [-0.39, 0.29) is 0 Å². The van der Waals surface area contributed by atoms with E-state index < -0.39 is 23.5 Å². The molecule has 1 aliphatic rings. The zero-order valence-electron chi connectivity index (χ0n) is 15.8. The number of fused-ring (bicyclic) bond motifs is 1. The number of hydrogen-bond acceptors (Lipinski definition) is 4. The van der Waals surface area contributed by atoms with Crippen LogP contribution in [0.4, 0.5) is 23.2 Å². The lowest BCUT2D eigenvalue weighted by molar-refractivity contribution is -0.137. The number of ether oxygens (including phenoxy) is 1. The van der Waals surface area contributed by atoms with Crippen molar-refractivity contribution in [3.05, 3.63) is 58.1 Å². The molecule has 4 nitrogen and oxygen atoms in total. The zero-order chi connectivity index (χ0) is 21.7. The molecule has 0 radical (unpaired) electrons. The molecule has 0 saturated heterocycles. The van der Waals surface area contributed by atoms with Gasteiger partial charge in [-0.2, -0.15) is 13.2 Å². The summed E-state index contributed by atoms with van der Waals surface area (Å²) in [6.45, 7) is 2.37. The number of benzene rings is 2. The number of rotatable bonds is 4. The number of nitrogen functional groups attached to an aromatic ring is 1. The number of hydroxylamine groups is 1. The van der Waals surface area contributed by atoms with Gasteiger partial charge in [-0.15, -0.1) is 0 Å². The molecular weight excluding hydrogens is 456 g/mol. The number of nitrogens with one attached hydrogen (secondary N) is 1. The summed E-state index contributed by atoms with van der Waals surface area (Å²) in [6.07, 6.45) is -3.69. The van der Waals surface area contributed by atoms with E-state index in [1.165, 1.54) is 12.1 Å². The first kappa shape index (κ1) is 23.4. The van der Waals surface area contributed by atoms with Crippen molar-refractivity contribution >= 4 is 21.6 Å². The first-order valence-electron chi connectivity index (χ1n) is 9.03. The van der Waals surface area contributed by atoms with E-state index in [2.05, 4.69) is 21.4 Å². The van der Waals surface area contributed by atoms with Crippen molar-refractivity contribution in [2.24, 2.45) is 0 Å². The fourth-order valence-corrected chi connectivity index (χ4v) is 3.54. The Hall–Kier alpha value is -1.84. The van der Waals surface area contributed by atoms with Gasteiger partial charge >= 0.3 is 6.18 Å². The number of alkyl halides is 4. The van der Waals surface area contributed by atoms with E-state index in [1.807, 2.05) is 19.1 Å². The van der Waals surface area contributed by atoms with Crippen molar-refractivity contribution < 1.29 is 27.5 Å². The van der Waals surface area contributed by atoms with Gasteiger partial charge in [0.25, 0.3) is 0 Å². The molecule has 0 bridgehead atoms. The molecule has 2 unspecified atom stereocenters. The number of nitrogens with two attached hydrogens (primary N) is 1. The Kier molecular flexibility index (Phi) is 7.90. The minimum absolute atomic E-state index is 0.328. The average Bonchev–Trinajstić information content (AvgIpc) is 2.67. The van der Waals surface area contributed by atoms with Gasteiger partial charge in [0, 0.05) is 30.6 Å². The molecule has 1 heterocycles. The lowest BCUT2D eigenvalue weighted by Gasteiger charge is -2.40. The van der Waals surface area contributed by atoms with Gasteiger partial charge in [0.1, 0.15) is 17.5 Å². The maximum absolute atomic E-state index is 14.3. The van der Waals surface area contributed by atoms with E-state index >= 15 is 0 Å². The minimum Gasteiger partial charge on any atom is -0.486 e. The topological polar surface area (TPSA) is 67.5 Å². The van der Waals surface area contributed by atoms with Crippen molar-refractivity contribution in [1.82, 2.24) is 5.48 Å². The summed E-state index contributed by atoms with van der Waals surface area (Å²) in [7, 11) is 0. The number of hydrogen-bond donors (Lipinski definition) is 3. The Morgan fingerprint density at radius 3 is 2.45 bits per heavy atom. The molecule has 2 aromatic carbocycles. The predicted octanol–water partition coefficient (Wildman–Crippen LogP) is 6.05. The Labute approximate surface area is 175 Å². The normalized spacial score (nSPS) is 20.9. The van der Waals surface area contributed by atoms with Gasteiger partial charge < -0.3 is 15.7 Å². The summed E-state index contributed by atoms with van der Waals surface area (Å²) in [6, 6.07) is 9.78. The molecule has 9 heteroatoms. The maximum Gasteiger partial charge on any atom is 0.416 e. The molecule has 1 aliphatic heterocycles. The summed E-state index contributed by atoms with van der Waals surface area (Å²) < 4.78 is 56.7. The van der Waals surface area contributed by atoms with Crippen molar-refractivity contribution in [2.45, 2.75) is 44.1 Å². The smallest absolute Gasteiger partial charge is 0.416 e. The van der Waals surface area contributed by atoms with Gasteiger partial charge in [-0.05, 0) is 52.7 Å². The van der Waals surface area contributed by atoms with Crippen LogP contribution >= 0.6 is 15.9 Å². The van der Waals surface area contributed by atoms with Crippen LogP contribution < -0.4 is 16.0 Å². The molecular formula is C20H23BrF4N2O2. The van der Waals surface area contributed by atoms with Crippen LogP contribution in [-0.4, -0.2) is 17.4 Å². The van der Waals surface area contributed by atoms with Gasteiger partial charge in [0.15, 0.2) is 0 Å². The standard InChI is InChI=1S/C13H17BrFNO2.C7H6F3N/c1-2-13(6-7-16-17)8-11(15)9-4-3-5-10(14)12(9)18-13;8-7(9,10)5-1-3-6(11)4-2-5/h3-5,11,16-17H,2,6-8H2,1H3;1-4H,11H2. The monoisotopic (exact) mass is 478 g/mol. The summed E-state index contributed by atoms with van der Waals surface area (Å²) >= 11 is 3.40.